The van der Waals surface area contributed by atoms with Gasteiger partial charge in [-0.1, -0.05) is 43.7 Å². The maximum Gasteiger partial charge on any atom is 0.139 e. The van der Waals surface area contributed by atoms with Gasteiger partial charge >= 0.3 is 0 Å². The molecule has 1 aliphatic rings. The lowest BCUT2D eigenvalue weighted by atomic mass is 9.79. The summed E-state index contributed by atoms with van der Waals surface area (Å²) in [6.07, 6.45) is 5.19. The first-order valence-corrected chi connectivity index (χ1v) is 9.45. The first-order valence-electron chi connectivity index (χ1n) is 8.63. The Morgan fingerprint density at radius 3 is 2.24 bits per heavy atom. The van der Waals surface area contributed by atoms with Crippen molar-refractivity contribution in [3.63, 3.8) is 0 Å². The third-order valence-corrected chi connectivity index (χ3v) is 5.48. The van der Waals surface area contributed by atoms with Gasteiger partial charge in [0.15, 0.2) is 0 Å². The number of nitriles is 1. The molecule has 2 aromatic rings. The Bertz CT molecular complexity index is 831. The Kier molecular flexibility index (Phi) is 5.79. The molecule has 0 heterocycles. The molecule has 2 aromatic carbocycles. The van der Waals surface area contributed by atoms with Crippen LogP contribution in [-0.2, 0) is 0 Å². The molecule has 0 amide bonds. The Morgan fingerprint density at radius 2 is 1.60 bits per heavy atom. The fraction of sp³-hybridized carbons (Fsp3) is 0.318. The number of thioether (sulfide) groups is 1. The van der Waals surface area contributed by atoms with Gasteiger partial charge in [0.25, 0.3) is 0 Å². The monoisotopic (exact) mass is 349 g/mol. The molecule has 1 nitrogen and oxygen atoms in total. The van der Waals surface area contributed by atoms with Gasteiger partial charge in [0.05, 0.1) is 4.90 Å². The van der Waals surface area contributed by atoms with Crippen molar-refractivity contribution in [2.75, 3.05) is 0 Å². The van der Waals surface area contributed by atoms with Crippen LogP contribution >= 0.6 is 11.8 Å². The van der Waals surface area contributed by atoms with Crippen LogP contribution in [0.2, 0.25) is 0 Å². The molecule has 0 aliphatic heterocycles. The lowest BCUT2D eigenvalue weighted by molar-refractivity contribution is 0.348. The van der Waals surface area contributed by atoms with Crippen LogP contribution < -0.4 is 0 Å². The second-order valence-corrected chi connectivity index (χ2v) is 7.49. The number of hydrogen-bond donors (Lipinski definition) is 0. The van der Waals surface area contributed by atoms with Crippen LogP contribution in [0.1, 0.15) is 55.2 Å². The van der Waals surface area contributed by atoms with Crippen LogP contribution in [0.5, 0.6) is 0 Å². The summed E-state index contributed by atoms with van der Waals surface area (Å²) < 4.78 is 13.8. The third kappa shape index (κ3) is 4.65. The van der Waals surface area contributed by atoms with Crippen LogP contribution in [-0.4, -0.2) is 0 Å². The van der Waals surface area contributed by atoms with Crippen LogP contribution in [0.4, 0.5) is 4.39 Å². The predicted octanol–water partition coefficient (Wildman–Crippen LogP) is 6.09. The molecule has 1 fully saturated rings. The summed E-state index contributed by atoms with van der Waals surface area (Å²) in [5.74, 6) is 7.22. The first-order chi connectivity index (χ1) is 12.2. The number of halogens is 1. The van der Waals surface area contributed by atoms with Crippen LogP contribution in [0.15, 0.2) is 47.4 Å². The summed E-state index contributed by atoms with van der Waals surface area (Å²) in [6, 6.07) is 13.2. The van der Waals surface area contributed by atoms with Gasteiger partial charge < -0.3 is 0 Å². The minimum absolute atomic E-state index is 0.333. The molecular weight excluding hydrogens is 329 g/mol. The fourth-order valence-corrected chi connectivity index (χ4v) is 3.68. The van der Waals surface area contributed by atoms with E-state index < -0.39 is 5.82 Å². The smallest absolute Gasteiger partial charge is 0.139 e. The molecule has 0 unspecified atom stereocenters. The van der Waals surface area contributed by atoms with Crippen molar-refractivity contribution in [2.24, 2.45) is 5.92 Å². The van der Waals surface area contributed by atoms with E-state index in [1.165, 1.54) is 37.3 Å². The number of benzene rings is 2. The molecule has 0 atom stereocenters. The predicted molar refractivity (Wildman–Crippen MR) is 101 cm³/mol. The highest BCUT2D eigenvalue weighted by atomic mass is 32.2. The van der Waals surface area contributed by atoms with E-state index in [9.17, 15) is 4.39 Å². The van der Waals surface area contributed by atoms with Gasteiger partial charge in [0, 0.05) is 11.1 Å². The van der Waals surface area contributed by atoms with Crippen LogP contribution in [0.25, 0.3) is 0 Å². The largest absolute Gasteiger partial charge is 0.206 e. The Morgan fingerprint density at radius 1 is 0.960 bits per heavy atom. The van der Waals surface area contributed by atoms with Crippen molar-refractivity contribution in [1.29, 1.82) is 5.26 Å². The van der Waals surface area contributed by atoms with Crippen molar-refractivity contribution < 1.29 is 4.39 Å². The van der Waals surface area contributed by atoms with Crippen molar-refractivity contribution in [3.05, 3.63) is 65.0 Å². The molecule has 0 bridgehead atoms. The van der Waals surface area contributed by atoms with E-state index in [2.05, 4.69) is 43.0 Å². The zero-order chi connectivity index (χ0) is 17.6. The summed E-state index contributed by atoms with van der Waals surface area (Å²) in [6.45, 7) is 2.34. The summed E-state index contributed by atoms with van der Waals surface area (Å²) in [5, 5.41) is 10.5. The van der Waals surface area contributed by atoms with Crippen molar-refractivity contribution in [3.8, 4) is 17.2 Å². The lowest BCUT2D eigenvalue weighted by Gasteiger charge is -2.26. The third-order valence-electron chi connectivity index (χ3n) is 4.84. The van der Waals surface area contributed by atoms with E-state index in [0.717, 1.165) is 23.2 Å². The normalized spacial score (nSPS) is 19.6. The molecular formula is C22H20FNS. The van der Waals surface area contributed by atoms with E-state index in [0.29, 0.717) is 16.4 Å². The zero-order valence-electron chi connectivity index (χ0n) is 14.3. The molecule has 0 radical (unpaired) electrons. The fourth-order valence-electron chi connectivity index (χ4n) is 3.29. The lowest BCUT2D eigenvalue weighted by Crippen LogP contribution is -2.10. The molecule has 25 heavy (non-hydrogen) atoms. The van der Waals surface area contributed by atoms with Crippen LogP contribution in [0.3, 0.4) is 0 Å². The molecule has 0 spiro atoms. The number of thiocyanates is 1. The summed E-state index contributed by atoms with van der Waals surface area (Å²) in [7, 11) is 0. The van der Waals surface area contributed by atoms with Gasteiger partial charge in [-0.2, -0.15) is 5.26 Å². The summed E-state index contributed by atoms with van der Waals surface area (Å²) in [4.78, 5) is 0.333. The van der Waals surface area contributed by atoms with Crippen molar-refractivity contribution in [1.82, 2.24) is 0 Å². The highest BCUT2D eigenvalue weighted by molar-refractivity contribution is 8.03. The van der Waals surface area contributed by atoms with E-state index in [1.54, 1.807) is 12.1 Å². The van der Waals surface area contributed by atoms with Crippen molar-refractivity contribution in [2.45, 2.75) is 43.4 Å². The molecule has 1 aliphatic carbocycles. The van der Waals surface area contributed by atoms with Gasteiger partial charge in [0.2, 0.25) is 0 Å². The second kappa shape index (κ2) is 8.24. The average molecular weight is 349 g/mol. The van der Waals surface area contributed by atoms with Gasteiger partial charge in [-0.15, -0.1) is 0 Å². The van der Waals surface area contributed by atoms with Gasteiger partial charge in [-0.25, -0.2) is 4.39 Å². The highest BCUT2D eigenvalue weighted by Crippen LogP contribution is 2.35. The summed E-state index contributed by atoms with van der Waals surface area (Å²) in [5.41, 5.74) is 2.95. The number of rotatable bonds is 2. The molecule has 3 heteroatoms. The SMILES string of the molecule is CC1CCC(c2ccc(C#Cc3ccc(SC#N)c(F)c3)cc2)CC1. The molecule has 1 saturated carbocycles. The summed E-state index contributed by atoms with van der Waals surface area (Å²) >= 11 is 0.823. The minimum atomic E-state index is -0.403. The van der Waals surface area contributed by atoms with E-state index >= 15 is 0 Å². The van der Waals surface area contributed by atoms with Gasteiger partial charge in [-0.05, 0) is 72.3 Å². The average Bonchev–Trinajstić information content (AvgIpc) is 2.63. The van der Waals surface area contributed by atoms with E-state index in [4.69, 9.17) is 5.26 Å². The standard InChI is InChI=1S/C22H20FNS/c1-16-2-9-19(10-3-16)20-11-6-17(7-12-20)4-5-18-8-13-22(25-15-24)21(23)14-18/h6-8,11-14,16,19H,2-3,9-10H2,1H3. The maximum absolute atomic E-state index is 13.8. The van der Waals surface area contributed by atoms with Gasteiger partial charge in [0.1, 0.15) is 11.2 Å². The van der Waals surface area contributed by atoms with Crippen LogP contribution in [0, 0.1) is 34.2 Å². The maximum atomic E-state index is 13.8. The molecule has 0 aromatic heterocycles. The van der Waals surface area contributed by atoms with Crippen molar-refractivity contribution >= 4 is 11.8 Å². The topological polar surface area (TPSA) is 23.8 Å². The second-order valence-electron chi connectivity index (χ2n) is 6.67. The minimum Gasteiger partial charge on any atom is -0.206 e. The van der Waals surface area contributed by atoms with E-state index in [-0.39, 0.29) is 0 Å². The molecule has 3 rings (SSSR count). The number of hydrogen-bond acceptors (Lipinski definition) is 2. The van der Waals surface area contributed by atoms with Gasteiger partial charge in [-0.3, -0.25) is 0 Å². The molecule has 0 saturated heterocycles. The first kappa shape index (κ1) is 17.6. The highest BCUT2D eigenvalue weighted by Gasteiger charge is 2.19. The quantitative estimate of drug-likeness (QED) is 0.372. The number of nitrogens with zero attached hydrogens (tertiary/aromatic N) is 1. The molecule has 126 valence electrons. The van der Waals surface area contributed by atoms with E-state index in [1.807, 2.05) is 5.40 Å². The molecule has 0 N–H and O–H groups in total. The zero-order valence-corrected chi connectivity index (χ0v) is 15.1. The Hall–Kier alpha value is -2.23. The Labute approximate surface area is 153 Å². The Balaban J connectivity index is 1.69.